The smallest absolute Gasteiger partial charge is 0.221 e. The van der Waals surface area contributed by atoms with Crippen molar-refractivity contribution in [1.82, 2.24) is 9.99 Å². The molecule has 2 aromatic rings. The van der Waals surface area contributed by atoms with Gasteiger partial charge in [-0.3, -0.25) is 9.80 Å². The van der Waals surface area contributed by atoms with Crippen LogP contribution in [0, 0.1) is 18.7 Å². The number of nitrogen functional groups attached to an aromatic ring is 1. The number of allylic oxidation sites excluding steroid dienone is 4. The van der Waals surface area contributed by atoms with Gasteiger partial charge < -0.3 is 16.9 Å². The molecule has 11 heteroatoms. The summed E-state index contributed by atoms with van der Waals surface area (Å²) in [5.74, 6) is 7.61. The molecule has 0 spiro atoms. The highest BCUT2D eigenvalue weighted by atomic mass is 19.2. The van der Waals surface area contributed by atoms with Gasteiger partial charge in [0.1, 0.15) is 11.6 Å². The SMILES string of the molecule is C#C.C=C/C=C\C(F)=C(\F)CN(N)/C(=N\N)c1cc(-c2ccc(NC(C)=O)cc2F)cnc1N. The third-order valence-electron chi connectivity index (χ3n) is 4.10. The minimum atomic E-state index is -1.19. The number of nitrogens with zero attached hydrogens (tertiary/aromatic N) is 3. The number of hydrazone groups is 1. The van der Waals surface area contributed by atoms with Gasteiger partial charge in [-0.2, -0.15) is 5.10 Å². The van der Waals surface area contributed by atoms with Crippen molar-refractivity contribution >= 4 is 23.2 Å². The van der Waals surface area contributed by atoms with E-state index in [1.165, 1.54) is 43.5 Å². The van der Waals surface area contributed by atoms with Crippen LogP contribution < -0.4 is 22.7 Å². The topological polar surface area (TPSA) is 136 Å². The molecule has 0 unspecified atom stereocenters. The zero-order valence-electron chi connectivity index (χ0n) is 18.3. The average Bonchev–Trinajstić information content (AvgIpc) is 2.80. The number of benzene rings is 1. The molecule has 7 N–H and O–H groups in total. The van der Waals surface area contributed by atoms with E-state index >= 15 is 0 Å². The molecule has 178 valence electrons. The Hall–Kier alpha value is -4.56. The molecule has 0 radical (unpaired) electrons. The van der Waals surface area contributed by atoms with Crippen molar-refractivity contribution < 1.29 is 18.0 Å². The molecule has 2 rings (SSSR count). The summed E-state index contributed by atoms with van der Waals surface area (Å²) in [7, 11) is 0. The van der Waals surface area contributed by atoms with Crippen LogP contribution in [0.4, 0.5) is 24.7 Å². The van der Waals surface area contributed by atoms with E-state index in [1.54, 1.807) is 0 Å². The first-order valence-electron chi connectivity index (χ1n) is 9.48. The van der Waals surface area contributed by atoms with Crippen LogP contribution in [-0.4, -0.2) is 28.3 Å². The predicted octanol–water partition coefficient (Wildman–Crippen LogP) is 3.37. The first-order chi connectivity index (χ1) is 16.2. The molecule has 8 nitrogen and oxygen atoms in total. The number of rotatable bonds is 7. The van der Waals surface area contributed by atoms with Crippen LogP contribution in [0.2, 0.25) is 0 Å². The predicted molar refractivity (Wildman–Crippen MR) is 128 cm³/mol. The maximum absolute atomic E-state index is 14.6. The highest BCUT2D eigenvalue weighted by Crippen LogP contribution is 2.27. The minimum Gasteiger partial charge on any atom is -0.383 e. The number of hydrazine groups is 1. The van der Waals surface area contributed by atoms with E-state index in [9.17, 15) is 18.0 Å². The van der Waals surface area contributed by atoms with Crippen molar-refractivity contribution in [3.63, 3.8) is 0 Å². The lowest BCUT2D eigenvalue weighted by molar-refractivity contribution is -0.114. The average molecular weight is 471 g/mol. The number of pyridine rings is 1. The lowest BCUT2D eigenvalue weighted by atomic mass is 10.0. The summed E-state index contributed by atoms with van der Waals surface area (Å²) in [6.45, 7) is 3.95. The zero-order valence-corrected chi connectivity index (χ0v) is 18.3. The molecule has 0 atom stereocenters. The van der Waals surface area contributed by atoms with Crippen LogP contribution in [0.3, 0.4) is 0 Å². The number of amides is 1. The van der Waals surface area contributed by atoms with Gasteiger partial charge in [-0.25, -0.2) is 24.0 Å². The second-order valence-electron chi connectivity index (χ2n) is 6.46. The quantitative estimate of drug-likeness (QED) is 0.122. The highest BCUT2D eigenvalue weighted by Gasteiger charge is 2.19. The number of hydrogen-bond donors (Lipinski definition) is 4. The zero-order chi connectivity index (χ0) is 25.8. The molecule has 1 aromatic carbocycles. The third-order valence-corrected chi connectivity index (χ3v) is 4.10. The van der Waals surface area contributed by atoms with Gasteiger partial charge in [-0.05, 0) is 30.3 Å². The maximum atomic E-state index is 14.6. The van der Waals surface area contributed by atoms with E-state index < -0.39 is 24.0 Å². The summed E-state index contributed by atoms with van der Waals surface area (Å²) in [6.07, 6.45) is 12.7. The van der Waals surface area contributed by atoms with Crippen LogP contribution >= 0.6 is 0 Å². The number of nitrogens with one attached hydrogen (secondary N) is 1. The van der Waals surface area contributed by atoms with Gasteiger partial charge in [-0.15, -0.1) is 12.8 Å². The molecule has 0 bridgehead atoms. The van der Waals surface area contributed by atoms with E-state index in [1.807, 2.05) is 0 Å². The summed E-state index contributed by atoms with van der Waals surface area (Å²) >= 11 is 0. The molecule has 1 heterocycles. The number of halogens is 3. The van der Waals surface area contributed by atoms with Crippen LogP contribution in [-0.2, 0) is 4.79 Å². The number of hydrogen-bond acceptors (Lipinski definition) is 6. The number of carbonyl (C=O) groups is 1. The summed E-state index contributed by atoms with van der Waals surface area (Å²) < 4.78 is 42.4. The second-order valence-corrected chi connectivity index (χ2v) is 6.46. The fourth-order valence-electron chi connectivity index (χ4n) is 2.67. The Morgan fingerprint density at radius 2 is 2.00 bits per heavy atom. The summed E-state index contributed by atoms with van der Waals surface area (Å²) in [5, 5.41) is 6.72. The molecular weight excluding hydrogens is 447 g/mol. The van der Waals surface area contributed by atoms with Crippen LogP contribution in [0.25, 0.3) is 11.1 Å². The minimum absolute atomic E-state index is 0.0694. The van der Waals surface area contributed by atoms with Gasteiger partial charge in [0.15, 0.2) is 17.5 Å². The van der Waals surface area contributed by atoms with E-state index in [0.29, 0.717) is 0 Å². The molecule has 0 fully saturated rings. The Labute approximate surface area is 195 Å². The molecule has 0 aliphatic rings. The fourth-order valence-corrected chi connectivity index (χ4v) is 2.67. The Morgan fingerprint density at radius 1 is 1.32 bits per heavy atom. The van der Waals surface area contributed by atoms with Crippen molar-refractivity contribution in [2.24, 2.45) is 16.8 Å². The van der Waals surface area contributed by atoms with Crippen LogP contribution in [0.15, 0.2) is 72.0 Å². The number of terminal acetylenes is 1. The number of aromatic nitrogens is 1. The summed E-state index contributed by atoms with van der Waals surface area (Å²) in [4.78, 5) is 15.1. The molecule has 0 aliphatic heterocycles. The normalized spacial score (nSPS) is 11.8. The Bertz CT molecular complexity index is 1160. The summed E-state index contributed by atoms with van der Waals surface area (Å²) in [5.41, 5.74) is 6.65. The van der Waals surface area contributed by atoms with Crippen molar-refractivity contribution in [2.75, 3.05) is 17.6 Å². The number of nitrogens with two attached hydrogens (primary N) is 3. The van der Waals surface area contributed by atoms with Gasteiger partial charge >= 0.3 is 0 Å². The molecule has 0 saturated heterocycles. The number of amidine groups is 1. The molecule has 34 heavy (non-hydrogen) atoms. The Morgan fingerprint density at radius 3 is 2.56 bits per heavy atom. The lowest BCUT2D eigenvalue weighted by Crippen LogP contribution is -2.40. The molecule has 1 aromatic heterocycles. The molecule has 0 saturated carbocycles. The first-order valence-corrected chi connectivity index (χ1v) is 9.48. The van der Waals surface area contributed by atoms with Crippen LogP contribution in [0.1, 0.15) is 12.5 Å². The molecule has 0 aliphatic carbocycles. The van der Waals surface area contributed by atoms with E-state index in [2.05, 4.69) is 34.8 Å². The highest BCUT2D eigenvalue weighted by molar-refractivity contribution is 6.03. The molecule has 1 amide bonds. The van der Waals surface area contributed by atoms with Gasteiger partial charge in [0.05, 0.1) is 12.1 Å². The van der Waals surface area contributed by atoms with E-state index in [4.69, 9.17) is 17.4 Å². The van der Waals surface area contributed by atoms with E-state index in [0.717, 1.165) is 17.2 Å². The summed E-state index contributed by atoms with van der Waals surface area (Å²) in [6, 6.07) is 5.48. The van der Waals surface area contributed by atoms with Gasteiger partial charge in [-0.1, -0.05) is 18.7 Å². The Balaban J connectivity index is 0.00000281. The van der Waals surface area contributed by atoms with Crippen LogP contribution in [0.5, 0.6) is 0 Å². The third kappa shape index (κ3) is 7.25. The first kappa shape index (κ1) is 27.5. The van der Waals surface area contributed by atoms with Crippen molar-refractivity contribution in [2.45, 2.75) is 6.92 Å². The fraction of sp³-hybridized carbons (Fsp3) is 0.0870. The maximum Gasteiger partial charge on any atom is 0.221 e. The second kappa shape index (κ2) is 13.1. The van der Waals surface area contributed by atoms with Crippen molar-refractivity contribution in [1.29, 1.82) is 0 Å². The largest absolute Gasteiger partial charge is 0.383 e. The number of carbonyl (C=O) groups excluding carboxylic acids is 1. The van der Waals surface area contributed by atoms with E-state index in [-0.39, 0.29) is 39.9 Å². The van der Waals surface area contributed by atoms with Gasteiger partial charge in [0.25, 0.3) is 0 Å². The standard InChI is InChI=1S/C21H22F3N7O.C2H2/c1-3-4-5-17(22)19(24)11-31(27)21(30-26)16-8-13(10-28-20(16)25)15-7-6-14(9-18(15)23)29-12(2)32;1-2/h3-10H,1,11,26-27H2,2H3,(H2,25,28)(H,29,32);1-2H/b5-4-,19-17-,30-21-;. The lowest BCUT2D eigenvalue weighted by Gasteiger charge is -2.20. The molecular formula is C23H24F3N7O. The van der Waals surface area contributed by atoms with Gasteiger partial charge in [0, 0.05) is 29.9 Å². The monoisotopic (exact) mass is 471 g/mol. The van der Waals surface area contributed by atoms with Crippen molar-refractivity contribution in [3.8, 4) is 24.0 Å². The number of anilines is 2. The van der Waals surface area contributed by atoms with Crippen molar-refractivity contribution in [3.05, 3.63) is 78.3 Å². The Kier molecular flexibility index (Phi) is 10.6. The van der Waals surface area contributed by atoms with Gasteiger partial charge in [0.2, 0.25) is 5.91 Å².